The highest BCUT2D eigenvalue weighted by atomic mass is 35.5. The molecule has 108 valence electrons. The van der Waals surface area contributed by atoms with Crippen molar-refractivity contribution in [3.05, 3.63) is 23.0 Å². The van der Waals surface area contributed by atoms with Crippen LogP contribution in [0.25, 0.3) is 11.0 Å². The number of fused-ring (bicyclic) bond motifs is 1. The van der Waals surface area contributed by atoms with Gasteiger partial charge in [0.2, 0.25) is 5.95 Å². The number of likely N-dealkylation sites (N-methyl/N-ethyl adjacent to an activating group) is 1. The van der Waals surface area contributed by atoms with Gasteiger partial charge in [0, 0.05) is 18.7 Å². The summed E-state index contributed by atoms with van der Waals surface area (Å²) in [7, 11) is 0. The van der Waals surface area contributed by atoms with Crippen molar-refractivity contribution in [2.75, 3.05) is 18.8 Å². The summed E-state index contributed by atoms with van der Waals surface area (Å²) in [4.78, 5) is 6.71. The van der Waals surface area contributed by atoms with Gasteiger partial charge in [-0.05, 0) is 32.0 Å². The summed E-state index contributed by atoms with van der Waals surface area (Å²) in [5.74, 6) is -0.0105. The molecular formula is C14H18ClFN4. The van der Waals surface area contributed by atoms with E-state index >= 15 is 0 Å². The minimum Gasteiger partial charge on any atom is -0.369 e. The molecule has 0 radical (unpaired) electrons. The summed E-state index contributed by atoms with van der Waals surface area (Å²) in [5, 5.41) is 0.0817. The van der Waals surface area contributed by atoms with Crippen LogP contribution in [0.2, 0.25) is 5.02 Å². The molecule has 0 aliphatic carbocycles. The molecule has 0 spiro atoms. The smallest absolute Gasteiger partial charge is 0.201 e. The van der Waals surface area contributed by atoms with E-state index in [1.54, 1.807) is 0 Å². The summed E-state index contributed by atoms with van der Waals surface area (Å²) >= 11 is 5.79. The minimum absolute atomic E-state index is 0.0817. The first-order chi connectivity index (χ1) is 9.60. The maximum atomic E-state index is 13.7. The Morgan fingerprint density at radius 2 is 2.30 bits per heavy atom. The standard InChI is InChI=1S/C14H18ClFN4/c1-2-19-5-3-4-9(19)8-20-13-7-11(16)10(15)6-12(13)18-14(20)17/h6-7,9H,2-5,8H2,1H3,(H2,17,18). The van der Waals surface area contributed by atoms with Crippen molar-refractivity contribution >= 4 is 28.6 Å². The minimum atomic E-state index is -0.431. The van der Waals surface area contributed by atoms with E-state index in [2.05, 4.69) is 16.8 Å². The molecule has 2 N–H and O–H groups in total. The van der Waals surface area contributed by atoms with Crippen LogP contribution >= 0.6 is 11.6 Å². The highest BCUT2D eigenvalue weighted by Crippen LogP contribution is 2.27. The van der Waals surface area contributed by atoms with E-state index in [0.717, 1.165) is 26.1 Å². The lowest BCUT2D eigenvalue weighted by Gasteiger charge is -2.23. The van der Waals surface area contributed by atoms with E-state index in [1.165, 1.54) is 18.6 Å². The largest absolute Gasteiger partial charge is 0.369 e. The lowest BCUT2D eigenvalue weighted by molar-refractivity contribution is 0.246. The first kappa shape index (κ1) is 13.6. The number of aromatic nitrogens is 2. The molecule has 1 aliphatic heterocycles. The van der Waals surface area contributed by atoms with E-state index in [0.29, 0.717) is 23.0 Å². The number of anilines is 1. The molecule has 0 saturated carbocycles. The molecule has 1 aromatic carbocycles. The highest BCUT2D eigenvalue weighted by Gasteiger charge is 2.25. The van der Waals surface area contributed by atoms with E-state index in [1.807, 2.05) is 4.57 Å². The van der Waals surface area contributed by atoms with Crippen molar-refractivity contribution in [3.8, 4) is 0 Å². The molecule has 2 aromatic rings. The van der Waals surface area contributed by atoms with E-state index in [9.17, 15) is 4.39 Å². The molecule has 1 fully saturated rings. The Labute approximate surface area is 122 Å². The lowest BCUT2D eigenvalue weighted by atomic mass is 10.2. The zero-order valence-electron chi connectivity index (χ0n) is 11.4. The zero-order chi connectivity index (χ0) is 14.3. The van der Waals surface area contributed by atoms with Crippen LogP contribution in [0.1, 0.15) is 19.8 Å². The molecule has 0 amide bonds. The number of nitrogens with two attached hydrogens (primary N) is 1. The van der Waals surface area contributed by atoms with Gasteiger partial charge in [-0.3, -0.25) is 4.90 Å². The summed E-state index contributed by atoms with van der Waals surface area (Å²) in [6.45, 7) is 5.05. The average Bonchev–Trinajstić information content (AvgIpc) is 2.97. The van der Waals surface area contributed by atoms with E-state index < -0.39 is 5.82 Å². The zero-order valence-corrected chi connectivity index (χ0v) is 12.2. The van der Waals surface area contributed by atoms with Crippen LogP contribution in [0, 0.1) is 5.82 Å². The number of benzene rings is 1. The number of hydrogen-bond donors (Lipinski definition) is 1. The Balaban J connectivity index is 1.98. The van der Waals surface area contributed by atoms with Gasteiger partial charge in [0.1, 0.15) is 5.82 Å². The monoisotopic (exact) mass is 296 g/mol. The molecule has 1 unspecified atom stereocenters. The van der Waals surface area contributed by atoms with Gasteiger partial charge in [0.05, 0.1) is 16.1 Å². The van der Waals surface area contributed by atoms with Gasteiger partial charge in [-0.25, -0.2) is 9.37 Å². The molecule has 2 heterocycles. The quantitative estimate of drug-likeness (QED) is 0.947. The number of rotatable bonds is 3. The Morgan fingerprint density at radius 3 is 3.05 bits per heavy atom. The van der Waals surface area contributed by atoms with Crippen molar-refractivity contribution in [1.29, 1.82) is 0 Å². The Morgan fingerprint density at radius 1 is 1.50 bits per heavy atom. The van der Waals surface area contributed by atoms with Gasteiger partial charge in [-0.1, -0.05) is 18.5 Å². The Hall–Kier alpha value is -1.33. The average molecular weight is 297 g/mol. The van der Waals surface area contributed by atoms with Crippen LogP contribution in [0.5, 0.6) is 0 Å². The number of nitrogen functional groups attached to an aromatic ring is 1. The molecule has 3 rings (SSSR count). The van der Waals surface area contributed by atoms with Crippen LogP contribution in [-0.4, -0.2) is 33.6 Å². The van der Waals surface area contributed by atoms with Crippen molar-refractivity contribution < 1.29 is 4.39 Å². The van der Waals surface area contributed by atoms with Crippen LogP contribution in [-0.2, 0) is 6.54 Å². The maximum absolute atomic E-state index is 13.7. The van der Waals surface area contributed by atoms with Crippen molar-refractivity contribution in [2.45, 2.75) is 32.4 Å². The molecule has 4 nitrogen and oxygen atoms in total. The summed E-state index contributed by atoms with van der Waals surface area (Å²) < 4.78 is 15.6. The first-order valence-corrected chi connectivity index (χ1v) is 7.32. The third-order valence-electron chi connectivity index (χ3n) is 4.12. The van der Waals surface area contributed by atoms with Crippen molar-refractivity contribution in [2.24, 2.45) is 0 Å². The number of imidazole rings is 1. The highest BCUT2D eigenvalue weighted by molar-refractivity contribution is 6.31. The molecule has 1 saturated heterocycles. The normalized spacial score (nSPS) is 20.1. The second-order valence-corrected chi connectivity index (χ2v) is 5.67. The van der Waals surface area contributed by atoms with Gasteiger partial charge in [-0.2, -0.15) is 0 Å². The fourth-order valence-corrected chi connectivity index (χ4v) is 3.22. The number of likely N-dealkylation sites (tertiary alicyclic amines) is 1. The third-order valence-corrected chi connectivity index (χ3v) is 4.41. The van der Waals surface area contributed by atoms with Crippen molar-refractivity contribution in [3.63, 3.8) is 0 Å². The van der Waals surface area contributed by atoms with Crippen LogP contribution < -0.4 is 5.73 Å². The predicted molar refractivity (Wildman–Crippen MR) is 79.4 cm³/mol. The van der Waals surface area contributed by atoms with Gasteiger partial charge in [0.15, 0.2) is 0 Å². The second-order valence-electron chi connectivity index (χ2n) is 5.26. The first-order valence-electron chi connectivity index (χ1n) is 6.95. The topological polar surface area (TPSA) is 47.1 Å². The Kier molecular flexibility index (Phi) is 3.56. The van der Waals surface area contributed by atoms with Crippen molar-refractivity contribution in [1.82, 2.24) is 14.5 Å². The third kappa shape index (κ3) is 2.25. The molecule has 6 heteroatoms. The maximum Gasteiger partial charge on any atom is 0.201 e. The summed E-state index contributed by atoms with van der Waals surface area (Å²) in [5.41, 5.74) is 7.35. The second kappa shape index (κ2) is 5.22. The van der Waals surface area contributed by atoms with Crippen LogP contribution in [0.4, 0.5) is 10.3 Å². The van der Waals surface area contributed by atoms with Gasteiger partial charge in [0.25, 0.3) is 0 Å². The SMILES string of the molecule is CCN1CCCC1Cn1c(N)nc2cc(Cl)c(F)cc21. The van der Waals surface area contributed by atoms with Crippen LogP contribution in [0.3, 0.4) is 0 Å². The molecule has 20 heavy (non-hydrogen) atoms. The number of hydrogen-bond acceptors (Lipinski definition) is 3. The summed E-state index contributed by atoms with van der Waals surface area (Å²) in [6.07, 6.45) is 2.34. The molecule has 0 bridgehead atoms. The van der Waals surface area contributed by atoms with Gasteiger partial charge >= 0.3 is 0 Å². The molecular weight excluding hydrogens is 279 g/mol. The number of nitrogens with zero attached hydrogens (tertiary/aromatic N) is 3. The summed E-state index contributed by atoms with van der Waals surface area (Å²) in [6, 6.07) is 3.40. The van der Waals surface area contributed by atoms with E-state index in [-0.39, 0.29) is 5.02 Å². The molecule has 1 aromatic heterocycles. The van der Waals surface area contributed by atoms with Crippen LogP contribution in [0.15, 0.2) is 12.1 Å². The fourth-order valence-electron chi connectivity index (χ4n) is 3.06. The lowest BCUT2D eigenvalue weighted by Crippen LogP contribution is -2.33. The fraction of sp³-hybridized carbons (Fsp3) is 0.500. The predicted octanol–water partition coefficient (Wildman–Crippen LogP) is 2.90. The van der Waals surface area contributed by atoms with E-state index in [4.69, 9.17) is 17.3 Å². The number of halogens is 2. The van der Waals surface area contributed by atoms with Gasteiger partial charge in [-0.15, -0.1) is 0 Å². The Bertz CT molecular complexity index is 640. The molecule has 1 aliphatic rings. The van der Waals surface area contributed by atoms with Gasteiger partial charge < -0.3 is 10.3 Å². The molecule has 1 atom stereocenters.